The van der Waals surface area contributed by atoms with Crippen LogP contribution in [0.5, 0.6) is 0 Å². The van der Waals surface area contributed by atoms with Crippen molar-refractivity contribution in [1.82, 2.24) is 0 Å². The van der Waals surface area contributed by atoms with Gasteiger partial charge in [0.1, 0.15) is 20.5 Å². The van der Waals surface area contributed by atoms with Gasteiger partial charge in [-0.2, -0.15) is 4.91 Å². The van der Waals surface area contributed by atoms with E-state index in [2.05, 4.69) is 5.18 Å². The molecule has 0 fully saturated rings. The summed E-state index contributed by atoms with van der Waals surface area (Å²) in [5, 5.41) is 2.66. The second kappa shape index (κ2) is 6.97. The highest BCUT2D eigenvalue weighted by atomic mass is 16.5. The van der Waals surface area contributed by atoms with Crippen molar-refractivity contribution >= 4 is 13.6 Å². The summed E-state index contributed by atoms with van der Waals surface area (Å²) >= 11 is 0. The largest absolute Gasteiger partial charge is 0.368 e. The zero-order chi connectivity index (χ0) is 9.40. The van der Waals surface area contributed by atoms with Crippen LogP contribution in [-0.2, 0) is 9.53 Å². The average molecular weight is 171 g/mol. The van der Waals surface area contributed by atoms with Gasteiger partial charge in [-0.1, -0.05) is 12.1 Å². The number of carbonyl (C=O) groups is 1. The van der Waals surface area contributed by atoms with E-state index in [1.807, 2.05) is 6.92 Å². The van der Waals surface area contributed by atoms with Crippen LogP contribution in [0.15, 0.2) is 5.18 Å². The molecule has 0 heterocycles. The summed E-state index contributed by atoms with van der Waals surface area (Å²) in [6.45, 7) is 2.39. The van der Waals surface area contributed by atoms with Crippen molar-refractivity contribution in [3.8, 4) is 0 Å². The van der Waals surface area contributed by atoms with Gasteiger partial charge < -0.3 is 4.74 Å². The Morgan fingerprint density at radius 2 is 2.33 bits per heavy atom. The van der Waals surface area contributed by atoms with Crippen molar-refractivity contribution < 1.29 is 9.53 Å². The fraction of sp³-hybridized carbons (Fsp3) is 0.857. The standard InChI is InChI=1S/C7H14BNO3/c1-2-3-12-7(5-9-11)6(10)4-8/h7H,2-5,8H2,1H3. The quantitative estimate of drug-likeness (QED) is 0.405. The smallest absolute Gasteiger partial charge is 0.155 e. The summed E-state index contributed by atoms with van der Waals surface area (Å²) in [6, 6.07) is 0. The number of hydrogen-bond donors (Lipinski definition) is 0. The van der Waals surface area contributed by atoms with Gasteiger partial charge in [-0.05, 0) is 12.7 Å². The molecule has 0 amide bonds. The Balaban J connectivity index is 3.84. The van der Waals surface area contributed by atoms with E-state index in [0.717, 1.165) is 6.42 Å². The molecule has 12 heavy (non-hydrogen) atoms. The third-order valence-corrected chi connectivity index (χ3v) is 1.47. The van der Waals surface area contributed by atoms with Crippen molar-refractivity contribution in [3.05, 3.63) is 4.91 Å². The van der Waals surface area contributed by atoms with Crippen molar-refractivity contribution in [3.63, 3.8) is 0 Å². The second-order valence-corrected chi connectivity index (χ2v) is 2.49. The fourth-order valence-electron chi connectivity index (χ4n) is 0.803. The third kappa shape index (κ3) is 4.23. The van der Waals surface area contributed by atoms with Gasteiger partial charge in [-0.15, -0.1) is 0 Å². The van der Waals surface area contributed by atoms with E-state index in [4.69, 9.17) is 4.74 Å². The molecule has 0 aromatic rings. The van der Waals surface area contributed by atoms with E-state index in [1.54, 1.807) is 7.85 Å². The molecule has 4 nitrogen and oxygen atoms in total. The monoisotopic (exact) mass is 171 g/mol. The minimum Gasteiger partial charge on any atom is -0.368 e. The molecule has 0 aliphatic heterocycles. The summed E-state index contributed by atoms with van der Waals surface area (Å²) in [6.07, 6.45) is 0.614. The maximum Gasteiger partial charge on any atom is 0.155 e. The number of ketones is 1. The molecule has 0 aromatic carbocycles. The first kappa shape index (κ1) is 11.3. The maximum absolute atomic E-state index is 11.1. The molecule has 0 bridgehead atoms. The number of ether oxygens (including phenoxy) is 1. The molecular formula is C7H14BNO3. The minimum absolute atomic E-state index is 0.0527. The van der Waals surface area contributed by atoms with Gasteiger partial charge in [0.25, 0.3) is 0 Å². The Hall–Kier alpha value is -0.705. The van der Waals surface area contributed by atoms with Gasteiger partial charge in [-0.3, -0.25) is 4.79 Å². The lowest BCUT2D eigenvalue weighted by Gasteiger charge is -2.11. The molecule has 1 atom stereocenters. The van der Waals surface area contributed by atoms with Gasteiger partial charge in [0, 0.05) is 6.61 Å². The Kier molecular flexibility index (Phi) is 6.56. The fourth-order valence-corrected chi connectivity index (χ4v) is 0.803. The summed E-state index contributed by atoms with van der Waals surface area (Å²) in [7, 11) is 1.75. The van der Waals surface area contributed by atoms with Crippen LogP contribution in [0.2, 0.25) is 6.32 Å². The lowest BCUT2D eigenvalue weighted by molar-refractivity contribution is -0.127. The number of nitroso groups, excluding NO2 is 1. The van der Waals surface area contributed by atoms with Gasteiger partial charge in [0.05, 0.1) is 0 Å². The number of nitrogens with zero attached hydrogens (tertiary/aromatic N) is 1. The van der Waals surface area contributed by atoms with Crippen LogP contribution in [0, 0.1) is 4.91 Å². The van der Waals surface area contributed by atoms with Gasteiger partial charge in [0.2, 0.25) is 0 Å². The first-order valence-corrected chi connectivity index (χ1v) is 4.19. The normalized spacial score (nSPS) is 12.4. The van der Waals surface area contributed by atoms with Crippen molar-refractivity contribution in [2.75, 3.05) is 13.2 Å². The highest BCUT2D eigenvalue weighted by molar-refractivity contribution is 6.21. The number of rotatable bonds is 7. The van der Waals surface area contributed by atoms with Gasteiger partial charge in [0.15, 0.2) is 5.78 Å². The molecule has 0 radical (unpaired) electrons. The average Bonchev–Trinajstić information content (AvgIpc) is 2.11. The highest BCUT2D eigenvalue weighted by Gasteiger charge is 2.16. The predicted molar refractivity (Wildman–Crippen MR) is 49.1 cm³/mol. The molecule has 0 saturated heterocycles. The van der Waals surface area contributed by atoms with Crippen LogP contribution in [0.3, 0.4) is 0 Å². The Morgan fingerprint density at radius 1 is 1.67 bits per heavy atom. The molecule has 0 spiro atoms. The molecule has 0 rings (SSSR count). The molecule has 68 valence electrons. The number of hydrogen-bond acceptors (Lipinski definition) is 4. The molecule has 0 aliphatic carbocycles. The van der Waals surface area contributed by atoms with Crippen LogP contribution >= 0.6 is 0 Å². The van der Waals surface area contributed by atoms with Crippen LogP contribution in [0.4, 0.5) is 0 Å². The van der Waals surface area contributed by atoms with Crippen molar-refractivity contribution in [2.24, 2.45) is 5.18 Å². The summed E-state index contributed by atoms with van der Waals surface area (Å²) in [4.78, 5) is 21.0. The molecule has 0 N–H and O–H groups in total. The molecule has 0 aromatic heterocycles. The van der Waals surface area contributed by atoms with Crippen molar-refractivity contribution in [2.45, 2.75) is 25.8 Å². The Bertz CT molecular complexity index is 152. The molecular weight excluding hydrogens is 157 g/mol. The second-order valence-electron chi connectivity index (χ2n) is 2.49. The van der Waals surface area contributed by atoms with Crippen LogP contribution < -0.4 is 0 Å². The van der Waals surface area contributed by atoms with E-state index in [-0.39, 0.29) is 12.3 Å². The van der Waals surface area contributed by atoms with E-state index in [0.29, 0.717) is 12.9 Å². The first-order chi connectivity index (χ1) is 5.76. The SMILES string of the molecule is BCC(=O)C(CN=O)OCCC. The highest BCUT2D eigenvalue weighted by Crippen LogP contribution is 1.99. The molecule has 1 unspecified atom stereocenters. The Labute approximate surface area is 73.1 Å². The zero-order valence-electron chi connectivity index (χ0n) is 7.58. The molecule has 5 heteroatoms. The minimum atomic E-state index is -0.618. The van der Waals surface area contributed by atoms with Crippen LogP contribution in [-0.4, -0.2) is 32.9 Å². The lowest BCUT2D eigenvalue weighted by atomic mass is 9.97. The van der Waals surface area contributed by atoms with E-state index >= 15 is 0 Å². The van der Waals surface area contributed by atoms with Crippen LogP contribution in [0.25, 0.3) is 0 Å². The zero-order valence-corrected chi connectivity index (χ0v) is 7.58. The van der Waals surface area contributed by atoms with E-state index < -0.39 is 6.10 Å². The topological polar surface area (TPSA) is 55.7 Å². The van der Waals surface area contributed by atoms with Gasteiger partial charge in [-0.25, -0.2) is 0 Å². The predicted octanol–water partition coefficient (Wildman–Crippen LogP) is 0.168. The van der Waals surface area contributed by atoms with E-state index in [1.165, 1.54) is 0 Å². The molecule has 0 aliphatic rings. The van der Waals surface area contributed by atoms with Gasteiger partial charge >= 0.3 is 0 Å². The summed E-state index contributed by atoms with van der Waals surface area (Å²) in [5.74, 6) is -0.0527. The lowest BCUT2D eigenvalue weighted by Crippen LogP contribution is -2.27. The van der Waals surface area contributed by atoms with Crippen LogP contribution in [0.1, 0.15) is 13.3 Å². The number of carbonyl (C=O) groups excluding carboxylic acids is 1. The first-order valence-electron chi connectivity index (χ1n) is 4.19. The molecule has 0 saturated carbocycles. The van der Waals surface area contributed by atoms with E-state index in [9.17, 15) is 9.70 Å². The summed E-state index contributed by atoms with van der Waals surface area (Å²) < 4.78 is 5.14. The number of Topliss-reactive ketones (excluding diaryl/α,β-unsaturated/α-hetero) is 1. The summed E-state index contributed by atoms with van der Waals surface area (Å²) in [5.41, 5.74) is 0. The third-order valence-electron chi connectivity index (χ3n) is 1.47. The Morgan fingerprint density at radius 3 is 2.75 bits per heavy atom. The van der Waals surface area contributed by atoms with Crippen molar-refractivity contribution in [1.29, 1.82) is 0 Å². The maximum atomic E-state index is 11.1.